The molecule has 6 nitrogen and oxygen atoms in total. The summed E-state index contributed by atoms with van der Waals surface area (Å²) in [4.78, 5) is 0. The third-order valence-corrected chi connectivity index (χ3v) is 4.46. The van der Waals surface area contributed by atoms with Crippen LogP contribution < -0.4 is 14.2 Å². The summed E-state index contributed by atoms with van der Waals surface area (Å²) in [5, 5.41) is 8.01. The molecule has 100 valence electrons. The Morgan fingerprint density at radius 1 is 1.39 bits per heavy atom. The number of ether oxygens (including phenoxy) is 2. The Kier molecular flexibility index (Phi) is 3.74. The standard InChI is InChI=1S/C11H15NO5S/c1-8(6-13)18(14,15)12-5-9-2-3-10-11(4-9)17-7-16-10/h2-4,8,12-13H,5-7H2,1H3. The van der Waals surface area contributed by atoms with Crippen LogP contribution in [0.2, 0.25) is 0 Å². The van der Waals surface area contributed by atoms with Crippen molar-refractivity contribution in [3.63, 3.8) is 0 Å². The van der Waals surface area contributed by atoms with Crippen LogP contribution in [0, 0.1) is 0 Å². The molecule has 0 saturated carbocycles. The van der Waals surface area contributed by atoms with Gasteiger partial charge in [0.1, 0.15) is 0 Å². The lowest BCUT2D eigenvalue weighted by Gasteiger charge is -2.11. The molecule has 1 aliphatic rings. The zero-order valence-corrected chi connectivity index (χ0v) is 10.7. The van der Waals surface area contributed by atoms with Crippen LogP contribution in [0.25, 0.3) is 0 Å². The van der Waals surface area contributed by atoms with Gasteiger partial charge in [0.25, 0.3) is 0 Å². The summed E-state index contributed by atoms with van der Waals surface area (Å²) < 4.78 is 36.1. The number of nitrogens with one attached hydrogen (secondary N) is 1. The number of hydrogen-bond donors (Lipinski definition) is 2. The van der Waals surface area contributed by atoms with Gasteiger partial charge in [-0.3, -0.25) is 0 Å². The number of benzene rings is 1. The maximum Gasteiger partial charge on any atom is 0.231 e. The second-order valence-electron chi connectivity index (χ2n) is 4.05. The van der Waals surface area contributed by atoms with E-state index in [4.69, 9.17) is 14.6 Å². The van der Waals surface area contributed by atoms with Crippen molar-refractivity contribution in [2.75, 3.05) is 13.4 Å². The molecule has 1 heterocycles. The van der Waals surface area contributed by atoms with Gasteiger partial charge in [-0.1, -0.05) is 6.07 Å². The molecule has 1 aliphatic heterocycles. The third kappa shape index (κ3) is 2.74. The van der Waals surface area contributed by atoms with E-state index in [-0.39, 0.29) is 13.3 Å². The van der Waals surface area contributed by atoms with Crippen molar-refractivity contribution in [3.05, 3.63) is 23.8 Å². The Balaban J connectivity index is 2.03. The first-order valence-electron chi connectivity index (χ1n) is 5.51. The highest BCUT2D eigenvalue weighted by atomic mass is 32.2. The van der Waals surface area contributed by atoms with E-state index in [1.807, 2.05) is 0 Å². The molecule has 0 bridgehead atoms. The van der Waals surface area contributed by atoms with Crippen LogP contribution in [-0.4, -0.2) is 32.2 Å². The summed E-state index contributed by atoms with van der Waals surface area (Å²) in [6.07, 6.45) is 0. The molecule has 7 heteroatoms. The number of aliphatic hydroxyl groups is 1. The minimum atomic E-state index is -3.49. The average Bonchev–Trinajstić information content (AvgIpc) is 2.82. The lowest BCUT2D eigenvalue weighted by Crippen LogP contribution is -2.34. The van der Waals surface area contributed by atoms with Gasteiger partial charge < -0.3 is 14.6 Å². The summed E-state index contributed by atoms with van der Waals surface area (Å²) in [7, 11) is -3.49. The van der Waals surface area contributed by atoms with E-state index < -0.39 is 21.9 Å². The normalized spacial score (nSPS) is 15.7. The van der Waals surface area contributed by atoms with E-state index in [0.29, 0.717) is 11.5 Å². The second kappa shape index (κ2) is 5.13. The van der Waals surface area contributed by atoms with Gasteiger partial charge in [0.05, 0.1) is 11.9 Å². The Bertz CT molecular complexity index is 528. The largest absolute Gasteiger partial charge is 0.454 e. The number of aliphatic hydroxyl groups excluding tert-OH is 1. The molecule has 2 N–H and O–H groups in total. The highest BCUT2D eigenvalue weighted by molar-refractivity contribution is 7.90. The topological polar surface area (TPSA) is 84.9 Å². The molecule has 1 aromatic carbocycles. The number of hydrogen-bond acceptors (Lipinski definition) is 5. The van der Waals surface area contributed by atoms with Gasteiger partial charge in [-0.25, -0.2) is 13.1 Å². The van der Waals surface area contributed by atoms with Crippen molar-refractivity contribution < 1.29 is 23.0 Å². The summed E-state index contributed by atoms with van der Waals surface area (Å²) in [5.41, 5.74) is 0.771. The van der Waals surface area contributed by atoms with E-state index in [0.717, 1.165) is 5.56 Å². The van der Waals surface area contributed by atoms with Crippen LogP contribution >= 0.6 is 0 Å². The van der Waals surface area contributed by atoms with Gasteiger partial charge in [0, 0.05) is 6.54 Å². The third-order valence-electron chi connectivity index (χ3n) is 2.70. The zero-order valence-electron chi connectivity index (χ0n) is 9.92. The quantitative estimate of drug-likeness (QED) is 0.801. The summed E-state index contributed by atoms with van der Waals surface area (Å²) in [6, 6.07) is 5.23. The van der Waals surface area contributed by atoms with Gasteiger partial charge in [0.15, 0.2) is 11.5 Å². The van der Waals surface area contributed by atoms with E-state index >= 15 is 0 Å². The van der Waals surface area contributed by atoms with Crippen molar-refractivity contribution in [2.24, 2.45) is 0 Å². The fourth-order valence-electron chi connectivity index (χ4n) is 1.48. The number of fused-ring (bicyclic) bond motifs is 1. The van der Waals surface area contributed by atoms with Crippen molar-refractivity contribution in [1.82, 2.24) is 4.72 Å². The molecule has 0 aromatic heterocycles. The smallest absolute Gasteiger partial charge is 0.231 e. The first kappa shape index (κ1) is 13.1. The minimum absolute atomic E-state index is 0.156. The fourth-order valence-corrected chi connectivity index (χ4v) is 2.32. The Morgan fingerprint density at radius 3 is 2.83 bits per heavy atom. The summed E-state index contributed by atoms with van der Waals surface area (Å²) >= 11 is 0. The van der Waals surface area contributed by atoms with Crippen LogP contribution in [0.5, 0.6) is 11.5 Å². The van der Waals surface area contributed by atoms with E-state index in [1.54, 1.807) is 18.2 Å². The molecule has 1 atom stereocenters. The molecule has 2 rings (SSSR count). The van der Waals surface area contributed by atoms with E-state index in [2.05, 4.69) is 4.72 Å². The molecule has 0 amide bonds. The highest BCUT2D eigenvalue weighted by Gasteiger charge is 2.20. The lowest BCUT2D eigenvalue weighted by molar-refractivity contribution is 0.174. The predicted molar refractivity (Wildman–Crippen MR) is 64.9 cm³/mol. The van der Waals surface area contributed by atoms with Gasteiger partial charge in [0.2, 0.25) is 16.8 Å². The van der Waals surface area contributed by atoms with Crippen LogP contribution in [-0.2, 0) is 16.6 Å². The maximum absolute atomic E-state index is 11.6. The van der Waals surface area contributed by atoms with E-state index in [9.17, 15) is 8.42 Å². The molecule has 0 spiro atoms. The molecule has 1 unspecified atom stereocenters. The minimum Gasteiger partial charge on any atom is -0.454 e. The molecule has 0 aliphatic carbocycles. The summed E-state index contributed by atoms with van der Waals surface area (Å²) in [6.45, 7) is 1.38. The zero-order chi connectivity index (χ0) is 13.2. The predicted octanol–water partition coefficient (Wildman–Crippen LogP) is 0.215. The Hall–Kier alpha value is -1.31. The van der Waals surface area contributed by atoms with Gasteiger partial charge in [-0.15, -0.1) is 0 Å². The fraction of sp³-hybridized carbons (Fsp3) is 0.455. The monoisotopic (exact) mass is 273 g/mol. The lowest BCUT2D eigenvalue weighted by atomic mass is 10.2. The first-order chi connectivity index (χ1) is 8.53. The molecule has 0 saturated heterocycles. The van der Waals surface area contributed by atoms with Crippen LogP contribution in [0.4, 0.5) is 0 Å². The van der Waals surface area contributed by atoms with Crippen LogP contribution in [0.1, 0.15) is 12.5 Å². The molecule has 0 fully saturated rings. The number of rotatable bonds is 5. The molecular weight excluding hydrogens is 258 g/mol. The van der Waals surface area contributed by atoms with Crippen molar-refractivity contribution >= 4 is 10.0 Å². The molecule has 18 heavy (non-hydrogen) atoms. The SMILES string of the molecule is CC(CO)S(=O)(=O)NCc1ccc2c(c1)OCO2. The van der Waals surface area contributed by atoms with Crippen molar-refractivity contribution in [1.29, 1.82) is 0 Å². The van der Waals surface area contributed by atoms with Gasteiger partial charge in [-0.2, -0.15) is 0 Å². The molecule has 1 aromatic rings. The Labute approximate surface area is 106 Å². The number of sulfonamides is 1. The van der Waals surface area contributed by atoms with Gasteiger partial charge in [-0.05, 0) is 24.6 Å². The van der Waals surface area contributed by atoms with Gasteiger partial charge >= 0.3 is 0 Å². The highest BCUT2D eigenvalue weighted by Crippen LogP contribution is 2.32. The molecular formula is C11H15NO5S. The first-order valence-corrected chi connectivity index (χ1v) is 7.05. The van der Waals surface area contributed by atoms with Crippen molar-refractivity contribution in [2.45, 2.75) is 18.7 Å². The van der Waals surface area contributed by atoms with Crippen molar-refractivity contribution in [3.8, 4) is 11.5 Å². The van der Waals surface area contributed by atoms with Crippen LogP contribution in [0.3, 0.4) is 0 Å². The average molecular weight is 273 g/mol. The second-order valence-corrected chi connectivity index (χ2v) is 6.23. The van der Waals surface area contributed by atoms with Crippen LogP contribution in [0.15, 0.2) is 18.2 Å². The summed E-state index contributed by atoms with van der Waals surface area (Å²) in [5.74, 6) is 1.27. The van der Waals surface area contributed by atoms with E-state index in [1.165, 1.54) is 6.92 Å². The molecule has 0 radical (unpaired) electrons. The maximum atomic E-state index is 11.6. The Morgan fingerprint density at radius 2 is 2.11 bits per heavy atom.